The highest BCUT2D eigenvalue weighted by molar-refractivity contribution is 5.29. The van der Waals surface area contributed by atoms with E-state index in [9.17, 15) is 4.39 Å². The van der Waals surface area contributed by atoms with E-state index in [-0.39, 0.29) is 5.82 Å². The molecule has 0 amide bonds. The fourth-order valence-electron chi connectivity index (χ4n) is 1.04. The second-order valence-electron chi connectivity index (χ2n) is 2.74. The number of hydrogen-bond donors (Lipinski definition) is 0. The Balaban J connectivity index is 2.16. The van der Waals surface area contributed by atoms with Crippen molar-refractivity contribution in [1.29, 1.82) is 0 Å². The first kappa shape index (κ1) is 8.69. The zero-order valence-electron chi connectivity index (χ0n) is 7.35. The van der Waals surface area contributed by atoms with Crippen LogP contribution in [0.15, 0.2) is 48.8 Å². The molecule has 2 nitrogen and oxygen atoms in total. The first-order valence-electron chi connectivity index (χ1n) is 4.18. The summed E-state index contributed by atoms with van der Waals surface area (Å²) < 4.78 is 18.0. The maximum absolute atomic E-state index is 12.6. The summed E-state index contributed by atoms with van der Waals surface area (Å²) in [5.41, 5.74) is 0. The van der Waals surface area contributed by atoms with Crippen LogP contribution in [0.2, 0.25) is 0 Å². The summed E-state index contributed by atoms with van der Waals surface area (Å²) in [6, 6.07) is 9.35. The molecule has 0 N–H and O–H groups in total. The first-order chi connectivity index (χ1) is 6.84. The van der Waals surface area contributed by atoms with Crippen LogP contribution in [-0.2, 0) is 0 Å². The van der Waals surface area contributed by atoms with Gasteiger partial charge in [-0.05, 0) is 36.4 Å². The van der Waals surface area contributed by atoms with Gasteiger partial charge in [0, 0.05) is 12.4 Å². The van der Waals surface area contributed by atoms with E-state index in [1.54, 1.807) is 36.7 Å². The van der Waals surface area contributed by atoms with E-state index in [2.05, 4.69) is 4.98 Å². The predicted molar refractivity (Wildman–Crippen MR) is 50.7 cm³/mol. The highest BCUT2D eigenvalue weighted by Crippen LogP contribution is 2.19. The van der Waals surface area contributed by atoms with Gasteiger partial charge in [0.15, 0.2) is 0 Å². The van der Waals surface area contributed by atoms with Crippen molar-refractivity contribution < 1.29 is 9.13 Å². The zero-order valence-corrected chi connectivity index (χ0v) is 7.35. The topological polar surface area (TPSA) is 22.1 Å². The maximum atomic E-state index is 12.6. The van der Waals surface area contributed by atoms with Gasteiger partial charge in [-0.1, -0.05) is 0 Å². The Hall–Kier alpha value is -1.90. The van der Waals surface area contributed by atoms with Gasteiger partial charge in [0.2, 0.25) is 0 Å². The monoisotopic (exact) mass is 189 g/mol. The van der Waals surface area contributed by atoms with Gasteiger partial charge in [0.05, 0.1) is 0 Å². The predicted octanol–water partition coefficient (Wildman–Crippen LogP) is 3.01. The van der Waals surface area contributed by atoms with Gasteiger partial charge in [0.1, 0.15) is 17.3 Å². The van der Waals surface area contributed by atoms with Crippen LogP contribution in [0, 0.1) is 5.82 Å². The molecule has 0 saturated carbocycles. The van der Waals surface area contributed by atoms with Gasteiger partial charge in [0.25, 0.3) is 0 Å². The molecule has 0 aliphatic heterocycles. The Kier molecular flexibility index (Phi) is 2.40. The van der Waals surface area contributed by atoms with Crippen molar-refractivity contribution in [3.05, 3.63) is 54.6 Å². The highest BCUT2D eigenvalue weighted by Gasteiger charge is 1.95. The summed E-state index contributed by atoms with van der Waals surface area (Å²) in [7, 11) is 0. The molecule has 0 atom stereocenters. The summed E-state index contributed by atoms with van der Waals surface area (Å²) in [4.78, 5) is 3.86. The smallest absolute Gasteiger partial charge is 0.130 e. The van der Waals surface area contributed by atoms with Crippen molar-refractivity contribution in [2.24, 2.45) is 0 Å². The van der Waals surface area contributed by atoms with Gasteiger partial charge >= 0.3 is 0 Å². The minimum absolute atomic E-state index is 0.271. The van der Waals surface area contributed by atoms with Gasteiger partial charge in [-0.15, -0.1) is 0 Å². The fourth-order valence-corrected chi connectivity index (χ4v) is 1.04. The lowest BCUT2D eigenvalue weighted by Crippen LogP contribution is -1.84. The number of ether oxygens (including phenoxy) is 1. The summed E-state index contributed by atoms with van der Waals surface area (Å²) in [6.07, 6.45) is 3.28. The second kappa shape index (κ2) is 3.87. The Labute approximate surface area is 81.0 Å². The van der Waals surface area contributed by atoms with E-state index in [1.807, 2.05) is 0 Å². The molecule has 3 heteroatoms. The molecule has 70 valence electrons. The molecule has 0 unspecified atom stereocenters. The van der Waals surface area contributed by atoms with Crippen molar-refractivity contribution in [2.75, 3.05) is 0 Å². The van der Waals surface area contributed by atoms with Crippen molar-refractivity contribution >= 4 is 0 Å². The largest absolute Gasteiger partial charge is 0.457 e. The normalized spacial score (nSPS) is 9.79. The van der Waals surface area contributed by atoms with Crippen molar-refractivity contribution in [3.63, 3.8) is 0 Å². The summed E-state index contributed by atoms with van der Waals surface area (Å²) in [5.74, 6) is 1.02. The molecule has 1 aromatic heterocycles. The lowest BCUT2D eigenvalue weighted by atomic mass is 10.3. The molecule has 0 saturated heterocycles. The first-order valence-corrected chi connectivity index (χ1v) is 4.18. The van der Waals surface area contributed by atoms with Crippen LogP contribution in [0.4, 0.5) is 4.39 Å². The Morgan fingerprint density at radius 1 is 0.857 bits per heavy atom. The SMILES string of the molecule is Fc1ccc(Oc2ccncc2)cc1. The molecule has 1 aromatic carbocycles. The van der Waals surface area contributed by atoms with Gasteiger partial charge in [-0.2, -0.15) is 0 Å². The number of pyridine rings is 1. The Morgan fingerprint density at radius 3 is 2.07 bits per heavy atom. The molecule has 1 heterocycles. The standard InChI is InChI=1S/C11H8FNO/c12-9-1-3-10(4-2-9)14-11-5-7-13-8-6-11/h1-8H. The Bertz CT molecular complexity index is 399. The van der Waals surface area contributed by atoms with Gasteiger partial charge in [-0.25, -0.2) is 4.39 Å². The molecule has 2 aromatic rings. The number of aromatic nitrogens is 1. The molecular weight excluding hydrogens is 181 g/mol. The van der Waals surface area contributed by atoms with Crippen LogP contribution in [0.1, 0.15) is 0 Å². The van der Waals surface area contributed by atoms with E-state index in [0.29, 0.717) is 11.5 Å². The minimum Gasteiger partial charge on any atom is -0.457 e. The summed E-state index contributed by atoms with van der Waals surface area (Å²) >= 11 is 0. The fraction of sp³-hybridized carbons (Fsp3) is 0. The number of nitrogens with zero attached hydrogens (tertiary/aromatic N) is 1. The quantitative estimate of drug-likeness (QED) is 0.724. The van der Waals surface area contributed by atoms with E-state index in [1.165, 1.54) is 12.1 Å². The number of hydrogen-bond acceptors (Lipinski definition) is 2. The molecule has 0 aliphatic rings. The van der Waals surface area contributed by atoms with Crippen LogP contribution in [-0.4, -0.2) is 4.98 Å². The molecule has 14 heavy (non-hydrogen) atoms. The molecule has 0 aliphatic carbocycles. The van der Waals surface area contributed by atoms with Crippen LogP contribution < -0.4 is 4.74 Å². The van der Waals surface area contributed by atoms with E-state index < -0.39 is 0 Å². The van der Waals surface area contributed by atoms with Crippen LogP contribution in [0.3, 0.4) is 0 Å². The second-order valence-corrected chi connectivity index (χ2v) is 2.74. The average molecular weight is 189 g/mol. The Morgan fingerprint density at radius 2 is 1.43 bits per heavy atom. The molecule has 0 radical (unpaired) electrons. The third-order valence-electron chi connectivity index (χ3n) is 1.70. The average Bonchev–Trinajstić information content (AvgIpc) is 2.23. The van der Waals surface area contributed by atoms with Crippen LogP contribution >= 0.6 is 0 Å². The lowest BCUT2D eigenvalue weighted by Gasteiger charge is -2.03. The number of rotatable bonds is 2. The number of benzene rings is 1. The minimum atomic E-state index is -0.271. The third kappa shape index (κ3) is 2.07. The zero-order chi connectivity index (χ0) is 9.80. The number of halogens is 1. The maximum Gasteiger partial charge on any atom is 0.130 e. The summed E-state index contributed by atoms with van der Waals surface area (Å²) in [6.45, 7) is 0. The van der Waals surface area contributed by atoms with Gasteiger partial charge < -0.3 is 4.74 Å². The van der Waals surface area contributed by atoms with E-state index in [0.717, 1.165) is 0 Å². The summed E-state index contributed by atoms with van der Waals surface area (Å²) in [5, 5.41) is 0. The van der Waals surface area contributed by atoms with E-state index >= 15 is 0 Å². The van der Waals surface area contributed by atoms with Gasteiger partial charge in [-0.3, -0.25) is 4.98 Å². The highest BCUT2D eigenvalue weighted by atomic mass is 19.1. The van der Waals surface area contributed by atoms with Crippen LogP contribution in [0.5, 0.6) is 11.5 Å². The van der Waals surface area contributed by atoms with Crippen molar-refractivity contribution in [3.8, 4) is 11.5 Å². The lowest BCUT2D eigenvalue weighted by molar-refractivity contribution is 0.480. The third-order valence-corrected chi connectivity index (χ3v) is 1.70. The van der Waals surface area contributed by atoms with Crippen molar-refractivity contribution in [2.45, 2.75) is 0 Å². The molecule has 0 spiro atoms. The molecule has 0 fully saturated rings. The molecular formula is C11H8FNO. The van der Waals surface area contributed by atoms with Crippen LogP contribution in [0.25, 0.3) is 0 Å². The molecule has 2 rings (SSSR count). The van der Waals surface area contributed by atoms with E-state index in [4.69, 9.17) is 4.74 Å². The molecule has 0 bridgehead atoms. The van der Waals surface area contributed by atoms with Crippen molar-refractivity contribution in [1.82, 2.24) is 4.98 Å².